The molecular weight excluding hydrogens is 274 g/mol. The monoisotopic (exact) mass is 295 g/mol. The first-order valence-electron chi connectivity index (χ1n) is 6.43. The smallest absolute Gasteiger partial charge is 0.426 e. The lowest BCUT2D eigenvalue weighted by Gasteiger charge is -2.20. The van der Waals surface area contributed by atoms with Crippen LogP contribution in [0.2, 0.25) is 0 Å². The van der Waals surface area contributed by atoms with E-state index in [4.69, 9.17) is 17.0 Å². The maximum absolute atomic E-state index is 11.4. The molecule has 5 nitrogen and oxygen atoms in total. The number of thiocarbonyl (C=S) groups is 1. The van der Waals surface area contributed by atoms with E-state index >= 15 is 0 Å². The normalized spacial score (nSPS) is 10.6. The van der Waals surface area contributed by atoms with E-state index in [1.54, 1.807) is 20.8 Å². The molecule has 0 radical (unpaired) electrons. The number of carbonyl (C=O) groups is 1. The van der Waals surface area contributed by atoms with Gasteiger partial charge in [0.1, 0.15) is 5.60 Å². The molecule has 0 heterocycles. The van der Waals surface area contributed by atoms with E-state index in [9.17, 15) is 4.79 Å². The van der Waals surface area contributed by atoms with Gasteiger partial charge in [-0.25, -0.2) is 10.2 Å². The Morgan fingerprint density at radius 3 is 2.45 bits per heavy atom. The summed E-state index contributed by atoms with van der Waals surface area (Å²) in [6.07, 6.45) is 0.291. The number of hydrazine groups is 1. The largest absolute Gasteiger partial charge is 0.443 e. The first kappa shape index (κ1) is 16.2. The molecule has 0 fully saturated rings. The maximum Gasteiger partial charge on any atom is 0.426 e. The Hall–Kier alpha value is -1.82. The Kier molecular flexibility index (Phi) is 6.24. The number of hydrogen-bond acceptors (Lipinski definition) is 3. The van der Waals surface area contributed by atoms with Crippen LogP contribution in [-0.4, -0.2) is 23.4 Å². The van der Waals surface area contributed by atoms with E-state index in [0.29, 0.717) is 11.7 Å². The van der Waals surface area contributed by atoms with Gasteiger partial charge in [-0.15, -0.1) is 0 Å². The summed E-state index contributed by atoms with van der Waals surface area (Å²) in [5.41, 5.74) is 5.65. The van der Waals surface area contributed by atoms with Gasteiger partial charge in [-0.2, -0.15) is 0 Å². The summed E-state index contributed by atoms with van der Waals surface area (Å²) in [6, 6.07) is 10.1. The fourth-order valence-electron chi connectivity index (χ4n) is 1.42. The lowest BCUT2D eigenvalue weighted by atomic mass is 10.1. The SMILES string of the molecule is CC(C)(C)OC(=O)NNC(=S)NCCc1ccccc1. The minimum absolute atomic E-state index is 0.354. The van der Waals surface area contributed by atoms with Crippen molar-refractivity contribution in [2.24, 2.45) is 0 Å². The van der Waals surface area contributed by atoms with E-state index in [-0.39, 0.29) is 0 Å². The van der Waals surface area contributed by atoms with Gasteiger partial charge in [-0.05, 0) is 45.0 Å². The molecule has 0 aliphatic carbocycles. The van der Waals surface area contributed by atoms with Gasteiger partial charge in [0.25, 0.3) is 0 Å². The highest BCUT2D eigenvalue weighted by molar-refractivity contribution is 7.80. The fraction of sp³-hybridized carbons (Fsp3) is 0.429. The molecular formula is C14H21N3O2S. The first-order chi connectivity index (χ1) is 9.37. The molecule has 20 heavy (non-hydrogen) atoms. The standard InChI is InChI=1S/C14H21N3O2S/c1-14(2,3)19-13(18)17-16-12(20)15-10-9-11-7-5-4-6-8-11/h4-8H,9-10H2,1-3H3,(H,17,18)(H2,15,16,20). The lowest BCUT2D eigenvalue weighted by molar-refractivity contribution is 0.0513. The summed E-state index contributed by atoms with van der Waals surface area (Å²) in [7, 11) is 0. The molecule has 0 aliphatic heterocycles. The highest BCUT2D eigenvalue weighted by Crippen LogP contribution is 2.05. The van der Waals surface area contributed by atoms with Crippen LogP contribution in [0.4, 0.5) is 4.79 Å². The molecule has 1 amide bonds. The number of rotatable bonds is 3. The predicted molar refractivity (Wildman–Crippen MR) is 83.3 cm³/mol. The van der Waals surface area contributed by atoms with Gasteiger partial charge in [0, 0.05) is 6.54 Å². The molecule has 1 aromatic rings. The molecule has 0 saturated carbocycles. The molecule has 1 rings (SSSR count). The molecule has 0 atom stereocenters. The molecule has 110 valence electrons. The van der Waals surface area contributed by atoms with Crippen molar-refractivity contribution >= 4 is 23.4 Å². The highest BCUT2D eigenvalue weighted by atomic mass is 32.1. The molecule has 6 heteroatoms. The van der Waals surface area contributed by atoms with Gasteiger partial charge in [0.05, 0.1) is 0 Å². The van der Waals surface area contributed by atoms with Crippen molar-refractivity contribution in [3.8, 4) is 0 Å². The Bertz CT molecular complexity index is 443. The van der Waals surface area contributed by atoms with Crippen LogP contribution in [0.1, 0.15) is 26.3 Å². The average molecular weight is 295 g/mol. The van der Waals surface area contributed by atoms with Crippen molar-refractivity contribution in [2.45, 2.75) is 32.8 Å². The van der Waals surface area contributed by atoms with Crippen LogP contribution >= 0.6 is 12.2 Å². The topological polar surface area (TPSA) is 62.4 Å². The second-order valence-corrected chi connectivity index (χ2v) is 5.65. The molecule has 0 unspecified atom stereocenters. The Morgan fingerprint density at radius 2 is 1.85 bits per heavy atom. The Balaban J connectivity index is 2.16. The van der Waals surface area contributed by atoms with Crippen molar-refractivity contribution in [3.63, 3.8) is 0 Å². The van der Waals surface area contributed by atoms with Gasteiger partial charge >= 0.3 is 6.09 Å². The zero-order chi connectivity index (χ0) is 15.0. The predicted octanol–water partition coefficient (Wildman–Crippen LogP) is 2.13. The first-order valence-corrected chi connectivity index (χ1v) is 6.84. The summed E-state index contributed by atoms with van der Waals surface area (Å²) in [5.74, 6) is 0. The van der Waals surface area contributed by atoms with Gasteiger partial charge in [-0.3, -0.25) is 5.43 Å². The van der Waals surface area contributed by atoms with Crippen molar-refractivity contribution in [3.05, 3.63) is 35.9 Å². The van der Waals surface area contributed by atoms with Gasteiger partial charge in [0.15, 0.2) is 5.11 Å². The Morgan fingerprint density at radius 1 is 1.20 bits per heavy atom. The van der Waals surface area contributed by atoms with Crippen molar-refractivity contribution in [2.75, 3.05) is 6.54 Å². The molecule has 1 aromatic carbocycles. The van der Waals surface area contributed by atoms with Crippen LogP contribution < -0.4 is 16.2 Å². The third-order valence-electron chi connectivity index (χ3n) is 2.22. The number of nitrogens with one attached hydrogen (secondary N) is 3. The van der Waals surface area contributed by atoms with E-state index in [0.717, 1.165) is 6.42 Å². The van der Waals surface area contributed by atoms with E-state index in [1.165, 1.54) is 5.56 Å². The summed E-state index contributed by atoms with van der Waals surface area (Å²) < 4.78 is 5.06. The van der Waals surface area contributed by atoms with Crippen molar-refractivity contribution in [1.82, 2.24) is 16.2 Å². The lowest BCUT2D eigenvalue weighted by Crippen LogP contribution is -2.48. The molecule has 3 N–H and O–H groups in total. The third kappa shape index (κ3) is 7.58. The van der Waals surface area contributed by atoms with Crippen molar-refractivity contribution < 1.29 is 9.53 Å². The summed E-state index contributed by atoms with van der Waals surface area (Å²) in [6.45, 7) is 6.07. The average Bonchev–Trinajstić information content (AvgIpc) is 2.36. The minimum atomic E-state index is -0.565. The van der Waals surface area contributed by atoms with Crippen LogP contribution in [0.3, 0.4) is 0 Å². The third-order valence-corrected chi connectivity index (χ3v) is 2.47. The van der Waals surface area contributed by atoms with Gasteiger partial charge in [-0.1, -0.05) is 30.3 Å². The van der Waals surface area contributed by atoms with Crippen LogP contribution in [0.5, 0.6) is 0 Å². The minimum Gasteiger partial charge on any atom is -0.443 e. The maximum atomic E-state index is 11.4. The number of carbonyl (C=O) groups excluding carboxylic acids is 1. The Labute approximate surface area is 125 Å². The molecule has 0 aliphatic rings. The van der Waals surface area contributed by atoms with Gasteiger partial charge < -0.3 is 10.1 Å². The molecule has 0 saturated heterocycles. The van der Waals surface area contributed by atoms with E-state index in [1.807, 2.05) is 18.2 Å². The quantitative estimate of drug-likeness (QED) is 0.589. The molecule has 0 spiro atoms. The number of benzene rings is 1. The van der Waals surface area contributed by atoms with E-state index < -0.39 is 11.7 Å². The summed E-state index contributed by atoms with van der Waals surface area (Å²) in [5, 5.41) is 3.35. The zero-order valence-corrected chi connectivity index (χ0v) is 12.8. The molecule has 0 bridgehead atoms. The van der Waals surface area contributed by atoms with Crippen LogP contribution in [0, 0.1) is 0 Å². The number of ether oxygens (including phenoxy) is 1. The van der Waals surface area contributed by atoms with E-state index in [2.05, 4.69) is 28.3 Å². The number of hydrogen-bond donors (Lipinski definition) is 3. The highest BCUT2D eigenvalue weighted by Gasteiger charge is 2.15. The molecule has 0 aromatic heterocycles. The zero-order valence-electron chi connectivity index (χ0n) is 12.0. The summed E-state index contributed by atoms with van der Waals surface area (Å²) >= 11 is 5.04. The second-order valence-electron chi connectivity index (χ2n) is 5.24. The fourth-order valence-corrected chi connectivity index (χ4v) is 1.57. The van der Waals surface area contributed by atoms with Gasteiger partial charge in [0.2, 0.25) is 0 Å². The summed E-state index contributed by atoms with van der Waals surface area (Å²) in [4.78, 5) is 11.4. The van der Waals surface area contributed by atoms with Crippen LogP contribution in [0.25, 0.3) is 0 Å². The second kappa shape index (κ2) is 7.69. The number of amides is 1. The van der Waals surface area contributed by atoms with Crippen LogP contribution in [-0.2, 0) is 11.2 Å². The van der Waals surface area contributed by atoms with Crippen LogP contribution in [0.15, 0.2) is 30.3 Å². The van der Waals surface area contributed by atoms with Crippen molar-refractivity contribution in [1.29, 1.82) is 0 Å².